The van der Waals surface area contributed by atoms with Crippen molar-refractivity contribution in [1.29, 1.82) is 0 Å². The molecule has 7 heteroatoms. The van der Waals surface area contributed by atoms with Crippen molar-refractivity contribution >= 4 is 24.4 Å². The van der Waals surface area contributed by atoms with Crippen molar-refractivity contribution in [2.75, 3.05) is 63.4 Å². The topological polar surface area (TPSA) is 69.2 Å². The first kappa shape index (κ1) is 31.5. The van der Waals surface area contributed by atoms with Gasteiger partial charge in [-0.1, -0.05) is 54.6 Å². The van der Waals surface area contributed by atoms with E-state index in [0.29, 0.717) is 0 Å². The molecule has 3 rings (SSSR count). The number of para-hydroxylation sites is 3. The van der Waals surface area contributed by atoms with Gasteiger partial charge in [0, 0.05) is 0 Å². The minimum Gasteiger partial charge on any atom is -0.907 e. The molecule has 6 nitrogen and oxygen atoms in total. The van der Waals surface area contributed by atoms with E-state index < -0.39 is 7.32 Å². The fourth-order valence-electron chi connectivity index (χ4n) is 2.63. The molecule has 186 valence electrons. The molecule has 0 spiro atoms. The van der Waals surface area contributed by atoms with Gasteiger partial charge in [0.15, 0.2) is 0 Å². The van der Waals surface area contributed by atoms with E-state index in [0.717, 1.165) is 13.4 Å². The van der Waals surface area contributed by atoms with Gasteiger partial charge in [0.05, 0.1) is 63.4 Å². The molecule has 0 saturated heterocycles. The second-order valence-corrected chi connectivity index (χ2v) is 10.3. The smallest absolute Gasteiger partial charge is 0.132 e. The van der Waals surface area contributed by atoms with Gasteiger partial charge in [-0.25, -0.2) is 0 Å². The van der Waals surface area contributed by atoms with Crippen LogP contribution < -0.4 is 28.5 Å². The summed E-state index contributed by atoms with van der Waals surface area (Å²) in [6.45, 7) is 0. The zero-order chi connectivity index (χ0) is 26.4. The average Bonchev–Trinajstić information content (AvgIpc) is 2.74. The lowest BCUT2D eigenvalue weighted by Gasteiger charge is -2.35. The average molecular weight is 467 g/mol. The van der Waals surface area contributed by atoms with E-state index in [1.165, 1.54) is 17.1 Å². The Hall–Kier alpha value is -2.52. The molecule has 34 heavy (non-hydrogen) atoms. The van der Waals surface area contributed by atoms with Crippen molar-refractivity contribution in [3.05, 3.63) is 91.0 Å². The summed E-state index contributed by atoms with van der Waals surface area (Å²) in [5.41, 5.74) is 4.01. The summed E-state index contributed by atoms with van der Waals surface area (Å²) in [5, 5.41) is 25.2. The lowest BCUT2D eigenvalue weighted by Crippen LogP contribution is -2.56. The zero-order valence-electron chi connectivity index (χ0n) is 22.3. The van der Waals surface area contributed by atoms with Gasteiger partial charge in [-0.15, -0.1) is 0 Å². The number of hydrogen-bond acceptors (Lipinski definition) is 3. The Kier molecular flexibility index (Phi) is 13.6. The summed E-state index contributed by atoms with van der Waals surface area (Å²) >= 11 is 0. The number of quaternary nitrogens is 3. The van der Waals surface area contributed by atoms with Crippen molar-refractivity contribution in [1.82, 2.24) is 13.4 Å². The number of hydrogen-bond donors (Lipinski definition) is 0. The van der Waals surface area contributed by atoms with Crippen LogP contribution >= 0.6 is 0 Å². The van der Waals surface area contributed by atoms with Gasteiger partial charge in [-0.05, 0) is 36.4 Å². The van der Waals surface area contributed by atoms with Crippen LogP contribution in [0.15, 0.2) is 91.0 Å². The van der Waals surface area contributed by atoms with Gasteiger partial charge >= 0.3 is 0 Å². The van der Waals surface area contributed by atoms with E-state index in [-0.39, 0.29) is 0 Å². The SMILES string of the molecule is C[N+](C)(C)c1ccccc1.C[N+](C)(C)c1ccccc1.C[N+](C)(C)c1ccccc1.[O-]B([O-])[O-]. The third-order valence-corrected chi connectivity index (χ3v) is 4.59. The molecule has 0 unspecified atom stereocenters. The molecule has 0 aliphatic carbocycles. The molecule has 0 fully saturated rings. The van der Waals surface area contributed by atoms with Crippen LogP contribution in [0.3, 0.4) is 0 Å². The Morgan fingerprint density at radius 2 is 0.529 bits per heavy atom. The quantitative estimate of drug-likeness (QED) is 0.435. The van der Waals surface area contributed by atoms with Crippen LogP contribution in [0.2, 0.25) is 0 Å². The van der Waals surface area contributed by atoms with Crippen LogP contribution in [0, 0.1) is 0 Å². The molecule has 0 bridgehead atoms. The summed E-state index contributed by atoms with van der Waals surface area (Å²) in [6.07, 6.45) is 0. The van der Waals surface area contributed by atoms with Crippen LogP contribution in [-0.2, 0) is 0 Å². The Morgan fingerprint density at radius 3 is 0.618 bits per heavy atom. The summed E-state index contributed by atoms with van der Waals surface area (Å²) in [4.78, 5) is 0. The third-order valence-electron chi connectivity index (χ3n) is 4.59. The summed E-state index contributed by atoms with van der Waals surface area (Å²) in [6, 6.07) is 31.4. The number of nitrogens with zero attached hydrogens (tertiary/aromatic N) is 3. The second kappa shape index (κ2) is 14.7. The predicted molar refractivity (Wildman–Crippen MR) is 144 cm³/mol. The molecule has 0 radical (unpaired) electrons. The molecule has 0 atom stereocenters. The van der Waals surface area contributed by atoms with Crippen molar-refractivity contribution in [2.24, 2.45) is 0 Å². The normalized spacial score (nSPS) is 10.9. The van der Waals surface area contributed by atoms with Gasteiger partial charge < -0.3 is 15.1 Å². The van der Waals surface area contributed by atoms with Gasteiger partial charge in [0.25, 0.3) is 0 Å². The molecule has 0 N–H and O–H groups in total. The third kappa shape index (κ3) is 15.3. The molecule has 0 heterocycles. The predicted octanol–water partition coefficient (Wildman–Crippen LogP) is 1.70. The largest absolute Gasteiger partial charge is 0.907 e. The van der Waals surface area contributed by atoms with E-state index in [1.54, 1.807) is 0 Å². The highest BCUT2D eigenvalue weighted by Gasteiger charge is 2.10. The first-order valence-corrected chi connectivity index (χ1v) is 11.1. The van der Waals surface area contributed by atoms with Gasteiger partial charge in [-0.3, -0.25) is 20.8 Å². The summed E-state index contributed by atoms with van der Waals surface area (Å²) in [5.74, 6) is 0. The van der Waals surface area contributed by atoms with Crippen LogP contribution in [0.1, 0.15) is 0 Å². The molecule has 3 aromatic carbocycles. The minimum atomic E-state index is -2.92. The van der Waals surface area contributed by atoms with Gasteiger partial charge in [-0.2, -0.15) is 0 Å². The fraction of sp³-hybridized carbons (Fsp3) is 0.333. The number of rotatable bonds is 3. The highest BCUT2D eigenvalue weighted by molar-refractivity contribution is 6.24. The highest BCUT2D eigenvalue weighted by Crippen LogP contribution is 2.15. The molecule has 3 aromatic rings. The maximum Gasteiger partial charge on any atom is 0.132 e. The van der Waals surface area contributed by atoms with Crippen molar-refractivity contribution in [3.8, 4) is 0 Å². The number of benzene rings is 3. The van der Waals surface area contributed by atoms with Crippen LogP contribution in [0.5, 0.6) is 0 Å². The molecule has 0 aromatic heterocycles. The summed E-state index contributed by atoms with van der Waals surface area (Å²) in [7, 11) is 16.5. The second-order valence-electron chi connectivity index (χ2n) is 10.3. The van der Waals surface area contributed by atoms with E-state index in [4.69, 9.17) is 15.1 Å². The van der Waals surface area contributed by atoms with Crippen molar-refractivity contribution < 1.29 is 15.1 Å². The van der Waals surface area contributed by atoms with E-state index in [2.05, 4.69) is 136 Å². The highest BCUT2D eigenvalue weighted by atomic mass is 16.5. The molecule has 0 saturated carbocycles. The van der Waals surface area contributed by atoms with Crippen LogP contribution in [0.25, 0.3) is 0 Å². The maximum atomic E-state index is 8.42. The zero-order valence-corrected chi connectivity index (χ0v) is 22.3. The monoisotopic (exact) mass is 467 g/mol. The van der Waals surface area contributed by atoms with Crippen molar-refractivity contribution in [2.45, 2.75) is 0 Å². The van der Waals surface area contributed by atoms with Gasteiger partial charge in [0.1, 0.15) is 17.1 Å². The Balaban J connectivity index is 0.000000445. The Morgan fingerprint density at radius 1 is 0.382 bits per heavy atom. The first-order chi connectivity index (χ1) is 15.5. The van der Waals surface area contributed by atoms with Crippen LogP contribution in [0.4, 0.5) is 17.1 Å². The molecular weight excluding hydrogens is 425 g/mol. The lowest BCUT2D eigenvalue weighted by atomic mass is 10.3. The summed E-state index contributed by atoms with van der Waals surface area (Å²) < 4.78 is 2.67. The fourth-order valence-corrected chi connectivity index (χ4v) is 2.63. The van der Waals surface area contributed by atoms with Crippen molar-refractivity contribution in [3.63, 3.8) is 0 Å². The van der Waals surface area contributed by atoms with Gasteiger partial charge in [0.2, 0.25) is 0 Å². The van der Waals surface area contributed by atoms with E-state index in [9.17, 15) is 0 Å². The standard InChI is InChI=1S/3C9H14N.BO3/c3*1-10(2,3)9-7-5-4-6-8-9;2-1(3)4/h3*4-8H,1-3H3;/q3*+1;-3. The minimum absolute atomic E-state index is 0.890. The Bertz CT molecular complexity index is 767. The molecule has 0 aliphatic heterocycles. The van der Waals surface area contributed by atoms with E-state index in [1.807, 2.05) is 18.2 Å². The molecule has 0 amide bonds. The molecule has 0 aliphatic rings. The first-order valence-electron chi connectivity index (χ1n) is 11.1. The molecular formula is C27H42BN3O3. The maximum absolute atomic E-state index is 8.42. The van der Waals surface area contributed by atoms with Crippen LogP contribution in [-0.4, -0.2) is 70.8 Å². The Labute approximate surface area is 207 Å². The van der Waals surface area contributed by atoms with E-state index >= 15 is 0 Å². The lowest BCUT2D eigenvalue weighted by molar-refractivity contribution is -0.479.